The number of likely N-dealkylation sites (tertiary alicyclic amines) is 1. The summed E-state index contributed by atoms with van der Waals surface area (Å²) in [6.45, 7) is 8.04. The fourth-order valence-corrected chi connectivity index (χ4v) is 3.19. The van der Waals surface area contributed by atoms with Crippen molar-refractivity contribution in [3.63, 3.8) is 0 Å². The van der Waals surface area contributed by atoms with E-state index in [0.717, 1.165) is 31.5 Å². The monoisotopic (exact) mass is 373 g/mol. The number of nitrogens with zero attached hydrogens (tertiary/aromatic N) is 2. The number of allylic oxidation sites excluding steroid dienone is 1. The number of hydrogen-bond acceptors (Lipinski definition) is 5. The highest BCUT2D eigenvalue weighted by Gasteiger charge is 2.26. The molecular formula is C21H28FN3O2. The molecular weight excluding hydrogens is 345 g/mol. The Labute approximate surface area is 160 Å². The topological polar surface area (TPSA) is 67.9 Å². The molecule has 1 fully saturated rings. The SMILES string of the molecule is C=C(CN1CCC(C(=O)Cc2ccccc2F)CC1)C(=N/C(C)=C\N)OC. The molecule has 27 heavy (non-hydrogen) atoms. The summed E-state index contributed by atoms with van der Waals surface area (Å²) in [4.78, 5) is 19.0. The van der Waals surface area contributed by atoms with Crippen molar-refractivity contribution in [2.45, 2.75) is 26.2 Å². The second kappa shape index (κ2) is 10.0. The molecule has 0 amide bonds. The molecule has 1 aromatic carbocycles. The number of methoxy groups -OCH3 is 1. The van der Waals surface area contributed by atoms with Crippen molar-refractivity contribution in [2.24, 2.45) is 16.6 Å². The van der Waals surface area contributed by atoms with E-state index in [1.165, 1.54) is 12.3 Å². The zero-order chi connectivity index (χ0) is 19.8. The van der Waals surface area contributed by atoms with Gasteiger partial charge in [0.2, 0.25) is 5.90 Å². The average molecular weight is 373 g/mol. The van der Waals surface area contributed by atoms with Gasteiger partial charge in [0.05, 0.1) is 12.8 Å². The highest BCUT2D eigenvalue weighted by Crippen LogP contribution is 2.21. The third-order valence-corrected chi connectivity index (χ3v) is 4.79. The summed E-state index contributed by atoms with van der Waals surface area (Å²) in [5.41, 5.74) is 7.35. The molecule has 6 heteroatoms. The summed E-state index contributed by atoms with van der Waals surface area (Å²) in [5.74, 6) is 0.244. The Morgan fingerprint density at radius 2 is 2.07 bits per heavy atom. The number of carbonyl (C=O) groups is 1. The number of aliphatic imine (C=N–C) groups is 1. The molecule has 0 spiro atoms. The minimum atomic E-state index is -0.312. The van der Waals surface area contributed by atoms with E-state index in [0.29, 0.717) is 23.7 Å². The maximum atomic E-state index is 13.7. The molecule has 0 aromatic heterocycles. The van der Waals surface area contributed by atoms with Crippen molar-refractivity contribution in [1.29, 1.82) is 0 Å². The Morgan fingerprint density at radius 1 is 1.41 bits per heavy atom. The summed E-state index contributed by atoms with van der Waals surface area (Å²) in [5, 5.41) is 0. The number of ketones is 1. The fourth-order valence-electron chi connectivity index (χ4n) is 3.19. The smallest absolute Gasteiger partial charge is 0.217 e. The van der Waals surface area contributed by atoms with Crippen LogP contribution in [0.3, 0.4) is 0 Å². The minimum absolute atomic E-state index is 0.0212. The normalized spacial score (nSPS) is 17.0. The Balaban J connectivity index is 1.86. The molecule has 2 N–H and O–H groups in total. The largest absolute Gasteiger partial charge is 0.481 e. The lowest BCUT2D eigenvalue weighted by Gasteiger charge is -2.31. The van der Waals surface area contributed by atoms with Crippen LogP contribution in [0.4, 0.5) is 4.39 Å². The van der Waals surface area contributed by atoms with Gasteiger partial charge < -0.3 is 10.5 Å². The lowest BCUT2D eigenvalue weighted by Crippen LogP contribution is -2.38. The van der Waals surface area contributed by atoms with Gasteiger partial charge in [-0.3, -0.25) is 9.69 Å². The number of rotatable bonds is 7. The van der Waals surface area contributed by atoms with E-state index in [1.54, 1.807) is 32.2 Å². The molecule has 1 saturated heterocycles. The zero-order valence-electron chi connectivity index (χ0n) is 16.1. The molecule has 0 aliphatic carbocycles. The Morgan fingerprint density at radius 3 is 2.67 bits per heavy atom. The van der Waals surface area contributed by atoms with Crippen molar-refractivity contribution >= 4 is 11.7 Å². The maximum absolute atomic E-state index is 13.7. The van der Waals surface area contributed by atoms with Gasteiger partial charge in [-0.05, 0) is 44.5 Å². The molecule has 146 valence electrons. The van der Waals surface area contributed by atoms with E-state index in [2.05, 4.69) is 16.5 Å². The number of ether oxygens (including phenoxy) is 1. The number of Topliss-reactive ketones (excluding diaryl/α,β-unsaturated/α-hetero) is 1. The van der Waals surface area contributed by atoms with E-state index in [1.807, 2.05) is 0 Å². The lowest BCUT2D eigenvalue weighted by molar-refractivity contribution is -0.123. The second-order valence-corrected chi connectivity index (χ2v) is 6.82. The van der Waals surface area contributed by atoms with Gasteiger partial charge in [0.15, 0.2) is 0 Å². The van der Waals surface area contributed by atoms with Gasteiger partial charge in [0.1, 0.15) is 11.6 Å². The molecule has 1 aliphatic rings. The van der Waals surface area contributed by atoms with E-state index >= 15 is 0 Å². The maximum Gasteiger partial charge on any atom is 0.217 e. The van der Waals surface area contributed by atoms with Gasteiger partial charge in [-0.2, -0.15) is 0 Å². The third kappa shape index (κ3) is 6.03. The summed E-state index contributed by atoms with van der Waals surface area (Å²) in [6.07, 6.45) is 3.11. The quantitative estimate of drug-likeness (QED) is 0.589. The van der Waals surface area contributed by atoms with Gasteiger partial charge in [0, 0.05) is 30.7 Å². The molecule has 1 aromatic rings. The second-order valence-electron chi connectivity index (χ2n) is 6.82. The van der Waals surface area contributed by atoms with Crippen LogP contribution < -0.4 is 5.73 Å². The highest BCUT2D eigenvalue weighted by molar-refractivity contribution is 5.93. The first kappa shape index (κ1) is 20.8. The van der Waals surface area contributed by atoms with Crippen molar-refractivity contribution in [1.82, 2.24) is 4.90 Å². The third-order valence-electron chi connectivity index (χ3n) is 4.79. The molecule has 0 atom stereocenters. The van der Waals surface area contributed by atoms with Gasteiger partial charge in [0.25, 0.3) is 0 Å². The molecule has 1 aliphatic heterocycles. The summed E-state index contributed by atoms with van der Waals surface area (Å²) in [7, 11) is 1.56. The lowest BCUT2D eigenvalue weighted by atomic mass is 9.89. The molecule has 0 radical (unpaired) electrons. The molecule has 1 heterocycles. The zero-order valence-corrected chi connectivity index (χ0v) is 16.1. The van der Waals surface area contributed by atoms with Crippen molar-refractivity contribution in [2.75, 3.05) is 26.7 Å². The predicted molar refractivity (Wildman–Crippen MR) is 106 cm³/mol. The van der Waals surface area contributed by atoms with E-state index in [4.69, 9.17) is 10.5 Å². The summed E-state index contributed by atoms with van der Waals surface area (Å²) < 4.78 is 19.0. The number of halogens is 1. The Kier molecular flexibility index (Phi) is 7.73. The van der Waals surface area contributed by atoms with E-state index in [9.17, 15) is 9.18 Å². The van der Waals surface area contributed by atoms with Crippen molar-refractivity contribution in [3.05, 3.63) is 59.7 Å². The van der Waals surface area contributed by atoms with Crippen molar-refractivity contribution < 1.29 is 13.9 Å². The minimum Gasteiger partial charge on any atom is -0.481 e. The van der Waals surface area contributed by atoms with Crippen molar-refractivity contribution in [3.8, 4) is 0 Å². The molecule has 0 bridgehead atoms. The summed E-state index contributed by atoms with van der Waals surface area (Å²) in [6, 6.07) is 6.47. The number of carbonyl (C=O) groups excluding carboxylic acids is 1. The highest BCUT2D eigenvalue weighted by atomic mass is 19.1. The number of benzene rings is 1. The first-order chi connectivity index (χ1) is 12.9. The van der Waals surface area contributed by atoms with Crippen LogP contribution in [0.25, 0.3) is 0 Å². The number of hydrogen-bond donors (Lipinski definition) is 1. The first-order valence-electron chi connectivity index (χ1n) is 9.12. The van der Waals surface area contributed by atoms with Gasteiger partial charge in [-0.1, -0.05) is 24.8 Å². The van der Waals surface area contributed by atoms with Crippen LogP contribution >= 0.6 is 0 Å². The van der Waals surface area contributed by atoms with E-state index in [-0.39, 0.29) is 23.9 Å². The predicted octanol–water partition coefficient (Wildman–Crippen LogP) is 3.07. The number of nitrogens with two attached hydrogens (primary N) is 1. The molecule has 0 unspecified atom stereocenters. The summed E-state index contributed by atoms with van der Waals surface area (Å²) >= 11 is 0. The van der Waals surface area contributed by atoms with Gasteiger partial charge in [-0.25, -0.2) is 9.38 Å². The fraction of sp³-hybridized carbons (Fsp3) is 0.429. The van der Waals surface area contributed by atoms with Gasteiger partial charge in [-0.15, -0.1) is 0 Å². The van der Waals surface area contributed by atoms with Crippen LogP contribution in [0.2, 0.25) is 0 Å². The molecule has 2 rings (SSSR count). The van der Waals surface area contributed by atoms with E-state index < -0.39 is 0 Å². The van der Waals surface area contributed by atoms with Gasteiger partial charge >= 0.3 is 0 Å². The number of piperidine rings is 1. The average Bonchev–Trinajstić information content (AvgIpc) is 2.68. The standard InChI is InChI=1S/C21H28FN3O2/c1-15(21(27-3)24-16(2)13-23)14-25-10-8-17(9-11-25)20(26)12-18-6-4-5-7-19(18)22/h4-7,13,17H,1,8-12,14,23H2,2-3H3/b16-13-,24-21?. The van der Waals surface area contributed by atoms with Crippen LogP contribution in [0.1, 0.15) is 25.3 Å². The van der Waals surface area contributed by atoms with Crippen LogP contribution in [0, 0.1) is 11.7 Å². The van der Waals surface area contributed by atoms with Crippen LogP contribution in [0.15, 0.2) is 53.3 Å². The Hall–Kier alpha value is -2.47. The molecule has 5 nitrogen and oxygen atoms in total. The van der Waals surface area contributed by atoms with Crippen LogP contribution in [-0.2, 0) is 16.0 Å². The molecule has 0 saturated carbocycles. The van der Waals surface area contributed by atoms with Crippen LogP contribution in [0.5, 0.6) is 0 Å². The Bertz CT molecular complexity index is 735. The van der Waals surface area contributed by atoms with Crippen LogP contribution in [-0.4, -0.2) is 43.3 Å². The first-order valence-corrected chi connectivity index (χ1v) is 9.12.